The van der Waals surface area contributed by atoms with Gasteiger partial charge in [0.1, 0.15) is 6.04 Å². The van der Waals surface area contributed by atoms with Crippen LogP contribution in [-0.2, 0) is 19.1 Å². The van der Waals surface area contributed by atoms with E-state index in [1.807, 2.05) is 0 Å². The maximum absolute atomic E-state index is 10.9. The van der Waals surface area contributed by atoms with Crippen molar-refractivity contribution < 1.29 is 24.2 Å². The molecule has 0 heterocycles. The standard InChI is InChI=1S/C10H15NO5/c1-3-16-9(13)6-4-5-8(10(14)15)11-7(2)12/h4,6,8H,3,5H2,1-2H3,(H,11,12)(H,14,15)/b6-4+/t8-/m0/s1. The topological polar surface area (TPSA) is 92.7 Å². The summed E-state index contributed by atoms with van der Waals surface area (Å²) in [7, 11) is 0. The van der Waals surface area contributed by atoms with Crippen LogP contribution in [-0.4, -0.2) is 35.6 Å². The molecule has 0 aromatic rings. The van der Waals surface area contributed by atoms with Crippen molar-refractivity contribution in [1.82, 2.24) is 5.32 Å². The van der Waals surface area contributed by atoms with Crippen LogP contribution < -0.4 is 5.32 Å². The molecule has 0 aliphatic carbocycles. The van der Waals surface area contributed by atoms with Gasteiger partial charge in [-0.15, -0.1) is 0 Å². The van der Waals surface area contributed by atoms with Gasteiger partial charge in [0.15, 0.2) is 0 Å². The van der Waals surface area contributed by atoms with Crippen LogP contribution in [0.25, 0.3) is 0 Å². The molecule has 0 radical (unpaired) electrons. The lowest BCUT2D eigenvalue weighted by atomic mass is 10.2. The molecule has 0 aliphatic heterocycles. The first-order valence-corrected chi connectivity index (χ1v) is 4.80. The largest absolute Gasteiger partial charge is 0.480 e. The molecule has 0 aromatic heterocycles. The molecule has 0 saturated heterocycles. The minimum Gasteiger partial charge on any atom is -0.480 e. The smallest absolute Gasteiger partial charge is 0.330 e. The minimum absolute atomic E-state index is 0.0354. The Hall–Kier alpha value is -1.85. The van der Waals surface area contributed by atoms with Crippen LogP contribution >= 0.6 is 0 Å². The maximum Gasteiger partial charge on any atom is 0.330 e. The molecule has 0 saturated carbocycles. The quantitative estimate of drug-likeness (QED) is 0.497. The number of carboxylic acids is 1. The Morgan fingerprint density at radius 3 is 2.50 bits per heavy atom. The van der Waals surface area contributed by atoms with Crippen LogP contribution in [0.4, 0.5) is 0 Å². The van der Waals surface area contributed by atoms with Crippen molar-refractivity contribution in [3.05, 3.63) is 12.2 Å². The monoisotopic (exact) mass is 229 g/mol. The van der Waals surface area contributed by atoms with Crippen LogP contribution in [0, 0.1) is 0 Å². The third-order valence-electron chi connectivity index (χ3n) is 1.59. The van der Waals surface area contributed by atoms with Gasteiger partial charge in [0.05, 0.1) is 6.61 Å². The summed E-state index contributed by atoms with van der Waals surface area (Å²) in [6.07, 6.45) is 2.53. The number of carbonyl (C=O) groups is 3. The van der Waals surface area contributed by atoms with Crippen LogP contribution in [0.3, 0.4) is 0 Å². The minimum atomic E-state index is -1.15. The maximum atomic E-state index is 10.9. The van der Waals surface area contributed by atoms with Crippen LogP contribution in [0.5, 0.6) is 0 Å². The molecule has 6 heteroatoms. The number of amides is 1. The van der Waals surface area contributed by atoms with E-state index in [9.17, 15) is 14.4 Å². The first-order chi connectivity index (χ1) is 7.47. The lowest BCUT2D eigenvalue weighted by molar-refractivity contribution is -0.141. The molecule has 0 spiro atoms. The Kier molecular flexibility index (Phi) is 6.58. The van der Waals surface area contributed by atoms with Gasteiger partial charge in [0.2, 0.25) is 5.91 Å². The molecule has 1 amide bonds. The molecule has 90 valence electrons. The zero-order valence-electron chi connectivity index (χ0n) is 9.23. The van der Waals surface area contributed by atoms with Gasteiger partial charge in [-0.3, -0.25) is 4.79 Å². The van der Waals surface area contributed by atoms with Crippen molar-refractivity contribution in [2.24, 2.45) is 0 Å². The van der Waals surface area contributed by atoms with Gasteiger partial charge in [-0.2, -0.15) is 0 Å². The van der Waals surface area contributed by atoms with Crippen molar-refractivity contribution in [1.29, 1.82) is 0 Å². The molecule has 0 aromatic carbocycles. The molecule has 0 fully saturated rings. The highest BCUT2D eigenvalue weighted by molar-refractivity contribution is 5.83. The van der Waals surface area contributed by atoms with E-state index in [-0.39, 0.29) is 13.0 Å². The molecule has 0 aliphatic rings. The number of esters is 1. The first kappa shape index (κ1) is 14.2. The SMILES string of the molecule is CCOC(=O)/C=C/C[C@H](NC(C)=O)C(=O)O. The van der Waals surface area contributed by atoms with Gasteiger partial charge in [0.25, 0.3) is 0 Å². The second kappa shape index (κ2) is 7.44. The van der Waals surface area contributed by atoms with E-state index < -0.39 is 23.9 Å². The third-order valence-corrected chi connectivity index (χ3v) is 1.59. The second-order valence-corrected chi connectivity index (χ2v) is 2.98. The number of carbonyl (C=O) groups excluding carboxylic acids is 2. The van der Waals surface area contributed by atoms with Crippen molar-refractivity contribution in [2.45, 2.75) is 26.3 Å². The van der Waals surface area contributed by atoms with Crippen molar-refractivity contribution in [3.8, 4) is 0 Å². The highest BCUT2D eigenvalue weighted by atomic mass is 16.5. The molecule has 0 rings (SSSR count). The lowest BCUT2D eigenvalue weighted by Gasteiger charge is -2.09. The Labute approximate surface area is 93.3 Å². The molecular formula is C10H15NO5. The van der Waals surface area contributed by atoms with Gasteiger partial charge < -0.3 is 15.2 Å². The van der Waals surface area contributed by atoms with E-state index in [1.165, 1.54) is 13.0 Å². The van der Waals surface area contributed by atoms with E-state index in [1.54, 1.807) is 6.92 Å². The summed E-state index contributed by atoms with van der Waals surface area (Å²) in [4.78, 5) is 32.2. The van der Waals surface area contributed by atoms with Gasteiger partial charge in [-0.05, 0) is 13.3 Å². The Morgan fingerprint density at radius 2 is 2.06 bits per heavy atom. The van der Waals surface area contributed by atoms with E-state index in [4.69, 9.17) is 5.11 Å². The van der Waals surface area contributed by atoms with Crippen LogP contribution in [0.15, 0.2) is 12.2 Å². The lowest BCUT2D eigenvalue weighted by Crippen LogP contribution is -2.39. The second-order valence-electron chi connectivity index (χ2n) is 2.98. The molecule has 6 nitrogen and oxygen atoms in total. The molecule has 0 unspecified atom stereocenters. The third kappa shape index (κ3) is 6.58. The number of aliphatic carboxylic acids is 1. The van der Waals surface area contributed by atoms with E-state index in [2.05, 4.69) is 10.1 Å². The van der Waals surface area contributed by atoms with Crippen LogP contribution in [0.2, 0.25) is 0 Å². The fourth-order valence-corrected chi connectivity index (χ4v) is 0.958. The Morgan fingerprint density at radius 1 is 1.44 bits per heavy atom. The summed E-state index contributed by atoms with van der Waals surface area (Å²) in [5.41, 5.74) is 0. The normalized spacial score (nSPS) is 12.1. The highest BCUT2D eigenvalue weighted by Gasteiger charge is 2.16. The van der Waals surface area contributed by atoms with Gasteiger partial charge >= 0.3 is 11.9 Å². The summed E-state index contributed by atoms with van der Waals surface area (Å²) in [5.74, 6) is -2.12. The fraction of sp³-hybridized carbons (Fsp3) is 0.500. The Bertz CT molecular complexity index is 298. The van der Waals surface area contributed by atoms with Crippen molar-refractivity contribution in [2.75, 3.05) is 6.61 Å². The average Bonchev–Trinajstić information content (AvgIpc) is 2.15. The molecule has 1 atom stereocenters. The molecular weight excluding hydrogens is 214 g/mol. The zero-order chi connectivity index (χ0) is 12.6. The molecule has 0 bridgehead atoms. The van der Waals surface area contributed by atoms with Crippen molar-refractivity contribution in [3.63, 3.8) is 0 Å². The van der Waals surface area contributed by atoms with E-state index >= 15 is 0 Å². The number of rotatable bonds is 6. The molecule has 2 N–H and O–H groups in total. The predicted octanol–water partition coefficient (Wildman–Crippen LogP) is 0.0851. The highest BCUT2D eigenvalue weighted by Crippen LogP contribution is 1.95. The van der Waals surface area contributed by atoms with Gasteiger partial charge in [0, 0.05) is 13.0 Å². The summed E-state index contributed by atoms with van der Waals surface area (Å²) >= 11 is 0. The number of nitrogens with one attached hydrogen (secondary N) is 1. The van der Waals surface area contributed by atoms with E-state index in [0.717, 1.165) is 6.08 Å². The Balaban J connectivity index is 4.16. The summed E-state index contributed by atoms with van der Waals surface area (Å²) in [6, 6.07) is -1.02. The predicted molar refractivity (Wildman–Crippen MR) is 55.6 cm³/mol. The number of hydrogen-bond acceptors (Lipinski definition) is 4. The number of carboxylic acid groups (broad SMARTS) is 1. The zero-order valence-corrected chi connectivity index (χ0v) is 9.23. The van der Waals surface area contributed by atoms with Crippen molar-refractivity contribution >= 4 is 17.8 Å². The summed E-state index contributed by atoms with van der Waals surface area (Å²) in [5, 5.41) is 11.0. The summed E-state index contributed by atoms with van der Waals surface area (Å²) in [6.45, 7) is 3.16. The van der Waals surface area contributed by atoms with E-state index in [0.29, 0.717) is 0 Å². The number of ether oxygens (including phenoxy) is 1. The first-order valence-electron chi connectivity index (χ1n) is 4.80. The van der Waals surface area contributed by atoms with Crippen LogP contribution in [0.1, 0.15) is 20.3 Å². The molecule has 16 heavy (non-hydrogen) atoms. The fourth-order valence-electron chi connectivity index (χ4n) is 0.958. The average molecular weight is 229 g/mol. The van der Waals surface area contributed by atoms with Gasteiger partial charge in [-0.25, -0.2) is 9.59 Å². The number of hydrogen-bond donors (Lipinski definition) is 2. The van der Waals surface area contributed by atoms with Gasteiger partial charge in [-0.1, -0.05) is 6.08 Å². The summed E-state index contributed by atoms with van der Waals surface area (Å²) < 4.78 is 4.60.